The molecule has 0 spiro atoms. The molecule has 0 aliphatic rings. The predicted molar refractivity (Wildman–Crippen MR) is 54.6 cm³/mol. The third-order valence-electron chi connectivity index (χ3n) is 1.92. The number of carbonyl (C=O) groups is 1. The van der Waals surface area contributed by atoms with Crippen LogP contribution in [0.2, 0.25) is 0 Å². The van der Waals surface area contributed by atoms with Crippen LogP contribution in [0.15, 0.2) is 36.0 Å². The van der Waals surface area contributed by atoms with Crippen molar-refractivity contribution in [3.05, 3.63) is 47.4 Å². The van der Waals surface area contributed by atoms with Crippen LogP contribution in [0.4, 0.5) is 4.39 Å². The molecule has 0 saturated carbocycles. The highest BCUT2D eigenvalue weighted by molar-refractivity contribution is 5.80. The van der Waals surface area contributed by atoms with E-state index in [0.717, 1.165) is 11.6 Å². The topological polar surface area (TPSA) is 63.3 Å². The van der Waals surface area contributed by atoms with Gasteiger partial charge in [0.2, 0.25) is 0 Å². The van der Waals surface area contributed by atoms with E-state index in [1.807, 2.05) is 0 Å². The van der Waals surface area contributed by atoms with Gasteiger partial charge in [-0.2, -0.15) is 0 Å². The highest BCUT2D eigenvalue weighted by Crippen LogP contribution is 2.07. The molecular weight excluding hydrogens is 197 g/mol. The van der Waals surface area contributed by atoms with Crippen LogP contribution in [-0.4, -0.2) is 11.1 Å². The average Bonchev–Trinajstić information content (AvgIpc) is 2.16. The molecule has 0 aliphatic heterocycles. The van der Waals surface area contributed by atoms with E-state index in [1.54, 1.807) is 12.1 Å². The summed E-state index contributed by atoms with van der Waals surface area (Å²) in [6.45, 7) is 0. The molecule has 0 atom stereocenters. The van der Waals surface area contributed by atoms with Gasteiger partial charge in [-0.25, -0.2) is 9.18 Å². The third-order valence-corrected chi connectivity index (χ3v) is 1.92. The van der Waals surface area contributed by atoms with Gasteiger partial charge in [-0.05, 0) is 30.5 Å². The van der Waals surface area contributed by atoms with Crippen LogP contribution in [0.3, 0.4) is 0 Å². The van der Waals surface area contributed by atoms with Gasteiger partial charge in [0.15, 0.2) is 0 Å². The van der Waals surface area contributed by atoms with Crippen molar-refractivity contribution >= 4 is 5.97 Å². The summed E-state index contributed by atoms with van der Waals surface area (Å²) < 4.78 is 12.5. The predicted octanol–water partition coefficient (Wildman–Crippen LogP) is 1.69. The lowest BCUT2D eigenvalue weighted by molar-refractivity contribution is -0.131. The summed E-state index contributed by atoms with van der Waals surface area (Å²) >= 11 is 0. The van der Waals surface area contributed by atoms with E-state index in [2.05, 4.69) is 0 Å². The average molecular weight is 209 g/mol. The quantitative estimate of drug-likeness (QED) is 0.741. The van der Waals surface area contributed by atoms with Crippen molar-refractivity contribution in [3.8, 4) is 0 Å². The van der Waals surface area contributed by atoms with E-state index < -0.39 is 5.97 Å². The van der Waals surface area contributed by atoms with Gasteiger partial charge < -0.3 is 10.8 Å². The lowest BCUT2D eigenvalue weighted by Gasteiger charge is -2.01. The summed E-state index contributed by atoms with van der Waals surface area (Å²) in [5.41, 5.74) is 6.70. The second kappa shape index (κ2) is 5.14. The Bertz CT molecular complexity index is 371. The Kier molecular flexibility index (Phi) is 3.85. The van der Waals surface area contributed by atoms with Crippen LogP contribution < -0.4 is 5.73 Å². The molecule has 0 aromatic heterocycles. The minimum Gasteiger partial charge on any atom is -0.478 e. The maximum atomic E-state index is 12.5. The molecule has 0 aliphatic carbocycles. The van der Waals surface area contributed by atoms with E-state index in [4.69, 9.17) is 10.8 Å². The molecule has 0 bridgehead atoms. The summed E-state index contributed by atoms with van der Waals surface area (Å²) in [7, 11) is 0. The molecule has 0 unspecified atom stereocenters. The number of rotatable bonds is 4. The summed E-state index contributed by atoms with van der Waals surface area (Å²) in [4.78, 5) is 10.3. The van der Waals surface area contributed by atoms with Crippen molar-refractivity contribution in [1.29, 1.82) is 0 Å². The molecule has 0 amide bonds. The lowest BCUT2D eigenvalue weighted by atomic mass is 10.1. The molecule has 0 radical (unpaired) electrons. The second-order valence-electron chi connectivity index (χ2n) is 3.18. The van der Waals surface area contributed by atoms with Crippen LogP contribution in [0, 0.1) is 5.82 Å². The van der Waals surface area contributed by atoms with Crippen molar-refractivity contribution in [2.24, 2.45) is 5.73 Å². The number of halogens is 1. The number of carboxylic acid groups (broad SMARTS) is 1. The van der Waals surface area contributed by atoms with E-state index in [9.17, 15) is 9.18 Å². The number of aliphatic carboxylic acids is 1. The van der Waals surface area contributed by atoms with Crippen molar-refractivity contribution in [2.45, 2.75) is 12.8 Å². The third kappa shape index (κ3) is 4.26. The Morgan fingerprint density at radius 3 is 2.53 bits per heavy atom. The van der Waals surface area contributed by atoms with E-state index in [1.165, 1.54) is 12.1 Å². The maximum Gasteiger partial charge on any atom is 0.330 e. The normalized spacial score (nSPS) is 11.4. The molecule has 3 N–H and O–H groups in total. The summed E-state index contributed by atoms with van der Waals surface area (Å²) in [5.74, 6) is -1.33. The first-order valence-corrected chi connectivity index (χ1v) is 4.51. The molecule has 4 heteroatoms. The zero-order valence-electron chi connectivity index (χ0n) is 8.11. The van der Waals surface area contributed by atoms with Gasteiger partial charge in [-0.1, -0.05) is 12.1 Å². The number of hydrogen-bond acceptors (Lipinski definition) is 2. The number of nitrogens with two attached hydrogens (primary N) is 1. The molecule has 0 saturated heterocycles. The number of carboxylic acids is 1. The summed E-state index contributed by atoms with van der Waals surface area (Å²) in [6.07, 6.45) is 2.04. The molecule has 80 valence electrons. The minimum atomic E-state index is -1.05. The van der Waals surface area contributed by atoms with Crippen LogP contribution in [0.25, 0.3) is 0 Å². The van der Waals surface area contributed by atoms with E-state index in [-0.39, 0.29) is 5.82 Å². The molecule has 15 heavy (non-hydrogen) atoms. The van der Waals surface area contributed by atoms with Crippen molar-refractivity contribution in [1.82, 2.24) is 0 Å². The number of allylic oxidation sites excluding steroid dienone is 1. The zero-order valence-corrected chi connectivity index (χ0v) is 8.11. The Hall–Kier alpha value is -1.84. The van der Waals surface area contributed by atoms with Crippen LogP contribution >= 0.6 is 0 Å². The molecule has 0 heterocycles. The first kappa shape index (κ1) is 11.2. The number of aryl methyl sites for hydroxylation is 1. The summed E-state index contributed by atoms with van der Waals surface area (Å²) in [5, 5.41) is 8.41. The molecule has 1 aromatic rings. The molecule has 1 aromatic carbocycles. The largest absolute Gasteiger partial charge is 0.478 e. The van der Waals surface area contributed by atoms with Gasteiger partial charge in [0.1, 0.15) is 5.82 Å². The van der Waals surface area contributed by atoms with Crippen LogP contribution in [0.5, 0.6) is 0 Å². The minimum absolute atomic E-state index is 0.284. The van der Waals surface area contributed by atoms with Gasteiger partial charge in [0, 0.05) is 11.8 Å². The Morgan fingerprint density at radius 1 is 1.40 bits per heavy atom. The smallest absolute Gasteiger partial charge is 0.330 e. The molecule has 0 fully saturated rings. The second-order valence-corrected chi connectivity index (χ2v) is 3.18. The maximum absolute atomic E-state index is 12.5. The first-order valence-electron chi connectivity index (χ1n) is 4.51. The Labute approximate surface area is 87.0 Å². The number of benzene rings is 1. The van der Waals surface area contributed by atoms with E-state index in [0.29, 0.717) is 18.5 Å². The molecule has 3 nitrogen and oxygen atoms in total. The van der Waals surface area contributed by atoms with E-state index >= 15 is 0 Å². The highest BCUT2D eigenvalue weighted by atomic mass is 19.1. The van der Waals surface area contributed by atoms with Crippen LogP contribution in [0.1, 0.15) is 12.0 Å². The van der Waals surface area contributed by atoms with Gasteiger partial charge >= 0.3 is 5.97 Å². The highest BCUT2D eigenvalue weighted by Gasteiger charge is 1.98. The fraction of sp³-hybridized carbons (Fsp3) is 0.182. The lowest BCUT2D eigenvalue weighted by Crippen LogP contribution is -2.03. The van der Waals surface area contributed by atoms with Crippen molar-refractivity contribution in [2.75, 3.05) is 0 Å². The monoisotopic (exact) mass is 209 g/mol. The fourth-order valence-electron chi connectivity index (χ4n) is 1.17. The van der Waals surface area contributed by atoms with Gasteiger partial charge in [0.25, 0.3) is 0 Å². The number of hydrogen-bond donors (Lipinski definition) is 2. The standard InChI is InChI=1S/C11H12FNO2/c12-9-4-1-8(2-5-9)3-6-10(13)7-11(14)15/h1-2,4-5,7H,3,6,13H2,(H,14,15)/b10-7-. The van der Waals surface area contributed by atoms with Gasteiger partial charge in [0.05, 0.1) is 0 Å². The molecule has 1 rings (SSSR count). The van der Waals surface area contributed by atoms with Crippen LogP contribution in [-0.2, 0) is 11.2 Å². The zero-order chi connectivity index (χ0) is 11.3. The molecular formula is C11H12FNO2. The Balaban J connectivity index is 2.50. The summed E-state index contributed by atoms with van der Waals surface area (Å²) in [6, 6.07) is 6.05. The Morgan fingerprint density at radius 2 is 2.00 bits per heavy atom. The van der Waals surface area contributed by atoms with Gasteiger partial charge in [-0.15, -0.1) is 0 Å². The first-order chi connectivity index (χ1) is 7.08. The van der Waals surface area contributed by atoms with Gasteiger partial charge in [-0.3, -0.25) is 0 Å². The van der Waals surface area contributed by atoms with Crippen molar-refractivity contribution < 1.29 is 14.3 Å². The fourth-order valence-corrected chi connectivity index (χ4v) is 1.17. The van der Waals surface area contributed by atoms with Crippen molar-refractivity contribution in [3.63, 3.8) is 0 Å². The SMILES string of the molecule is N/C(=C\C(=O)O)CCc1ccc(F)cc1.